The predicted octanol–water partition coefficient (Wildman–Crippen LogP) is 3.38. The smallest absolute Gasteiger partial charge is 0.481 e. The fourth-order valence-corrected chi connectivity index (χ4v) is 0.644. The first-order valence-corrected chi connectivity index (χ1v) is 5.62. The Hall–Kier alpha value is -1.52. The zero-order chi connectivity index (χ0) is 15.0. The van der Waals surface area contributed by atoms with Gasteiger partial charge in [-0.05, 0) is 41.5 Å². The molecule has 0 atom stereocenters. The average molecular weight is 260 g/mol. The lowest BCUT2D eigenvalue weighted by atomic mass is 10.2. The molecule has 0 unspecified atom stereocenters. The van der Waals surface area contributed by atoms with E-state index in [0.29, 0.717) is 0 Å². The van der Waals surface area contributed by atoms with Crippen molar-refractivity contribution in [1.82, 2.24) is 0 Å². The number of carboxylic acids is 1. The molecule has 0 radical (unpaired) electrons. The molecule has 106 valence electrons. The van der Waals surface area contributed by atoms with Crippen LogP contribution < -0.4 is 0 Å². The van der Waals surface area contributed by atoms with Crippen LogP contribution in [0.1, 0.15) is 48.0 Å². The summed E-state index contributed by atoms with van der Waals surface area (Å²) in [6.45, 7) is 14.0. The second-order valence-corrected chi connectivity index (χ2v) is 5.57. The van der Waals surface area contributed by atoms with E-state index < -0.39 is 23.3 Å². The summed E-state index contributed by atoms with van der Waals surface area (Å²) >= 11 is 0. The highest BCUT2D eigenvalue weighted by Crippen LogP contribution is 2.13. The van der Waals surface area contributed by atoms with Gasteiger partial charge in [-0.15, -0.1) is 6.58 Å². The van der Waals surface area contributed by atoms with Crippen molar-refractivity contribution < 1.29 is 24.2 Å². The molecule has 5 heteroatoms. The lowest BCUT2D eigenvalue weighted by molar-refractivity contribution is -0.136. The summed E-state index contributed by atoms with van der Waals surface area (Å²) in [6, 6.07) is 0. The molecule has 0 spiro atoms. The van der Waals surface area contributed by atoms with E-state index in [0.717, 1.165) is 0 Å². The van der Waals surface area contributed by atoms with Gasteiger partial charge in [0.05, 0.1) is 6.42 Å². The minimum atomic E-state index is -0.829. The average Bonchev–Trinajstić information content (AvgIpc) is 1.95. The van der Waals surface area contributed by atoms with Crippen LogP contribution in [-0.4, -0.2) is 28.4 Å². The summed E-state index contributed by atoms with van der Waals surface area (Å²) in [5.74, 6) is -0.829. The fourth-order valence-electron chi connectivity index (χ4n) is 0.644. The van der Waals surface area contributed by atoms with Crippen molar-refractivity contribution in [3.8, 4) is 0 Å². The van der Waals surface area contributed by atoms with Crippen LogP contribution in [0.25, 0.3) is 0 Å². The molecule has 0 fully saturated rings. The quantitative estimate of drug-likeness (QED) is 0.608. The van der Waals surface area contributed by atoms with Crippen molar-refractivity contribution in [2.24, 2.45) is 0 Å². The number of carbonyl (C=O) groups is 2. The largest absolute Gasteiger partial charge is 0.509 e. The number of hydrogen-bond donors (Lipinski definition) is 1. The molecular formula is C13H24O5. The maximum absolute atomic E-state index is 11.0. The van der Waals surface area contributed by atoms with Crippen molar-refractivity contribution in [2.75, 3.05) is 0 Å². The van der Waals surface area contributed by atoms with E-state index in [1.807, 2.05) is 0 Å². The fraction of sp³-hybridized carbons (Fsp3) is 0.692. The van der Waals surface area contributed by atoms with Gasteiger partial charge in [0.1, 0.15) is 11.2 Å². The molecule has 0 amide bonds. The van der Waals surface area contributed by atoms with Gasteiger partial charge >= 0.3 is 12.1 Å². The summed E-state index contributed by atoms with van der Waals surface area (Å²) < 4.78 is 9.91. The topological polar surface area (TPSA) is 72.8 Å². The summed E-state index contributed by atoms with van der Waals surface area (Å²) in [5.41, 5.74) is -0.968. The summed E-state index contributed by atoms with van der Waals surface area (Å²) in [7, 11) is 0. The third-order valence-corrected chi connectivity index (χ3v) is 1.10. The summed E-state index contributed by atoms with van der Waals surface area (Å²) in [6.07, 6.45) is 0.789. The Bertz CT molecular complexity index is 263. The molecule has 0 aliphatic rings. The van der Waals surface area contributed by atoms with Gasteiger partial charge in [-0.2, -0.15) is 0 Å². The SMILES string of the molecule is C=CCC(=O)O.CC(C)(C)OC(=O)OC(C)(C)C. The van der Waals surface area contributed by atoms with E-state index in [4.69, 9.17) is 14.6 Å². The first-order valence-electron chi connectivity index (χ1n) is 5.62. The zero-order valence-electron chi connectivity index (χ0n) is 12.1. The molecule has 0 aliphatic heterocycles. The number of carboxylic acid groups (broad SMARTS) is 1. The van der Waals surface area contributed by atoms with Crippen molar-refractivity contribution in [3.05, 3.63) is 12.7 Å². The molecule has 0 aromatic rings. The molecule has 0 aromatic carbocycles. The molecule has 0 aliphatic carbocycles. The van der Waals surface area contributed by atoms with Crippen molar-refractivity contribution >= 4 is 12.1 Å². The van der Waals surface area contributed by atoms with Crippen LogP contribution in [0.15, 0.2) is 12.7 Å². The molecule has 0 rings (SSSR count). The number of ether oxygens (including phenoxy) is 2. The van der Waals surface area contributed by atoms with Gasteiger partial charge in [0.2, 0.25) is 0 Å². The van der Waals surface area contributed by atoms with Crippen molar-refractivity contribution in [2.45, 2.75) is 59.2 Å². The molecule has 5 nitrogen and oxygen atoms in total. The van der Waals surface area contributed by atoms with Gasteiger partial charge < -0.3 is 14.6 Å². The first kappa shape index (κ1) is 18.8. The highest BCUT2D eigenvalue weighted by atomic mass is 16.7. The number of carbonyl (C=O) groups excluding carboxylic acids is 1. The molecule has 0 bridgehead atoms. The van der Waals surface area contributed by atoms with Gasteiger partial charge in [0.15, 0.2) is 0 Å². The van der Waals surface area contributed by atoms with Gasteiger partial charge in [0, 0.05) is 0 Å². The highest BCUT2D eigenvalue weighted by Gasteiger charge is 2.22. The molecule has 0 saturated carbocycles. The second kappa shape index (κ2) is 7.74. The highest BCUT2D eigenvalue weighted by molar-refractivity contribution is 5.68. The Morgan fingerprint density at radius 2 is 1.39 bits per heavy atom. The molecular weight excluding hydrogens is 236 g/mol. The van der Waals surface area contributed by atoms with E-state index in [1.165, 1.54) is 6.08 Å². The van der Waals surface area contributed by atoms with E-state index in [9.17, 15) is 9.59 Å². The van der Waals surface area contributed by atoms with E-state index in [1.54, 1.807) is 41.5 Å². The van der Waals surface area contributed by atoms with Gasteiger partial charge in [0.25, 0.3) is 0 Å². The maximum Gasteiger partial charge on any atom is 0.509 e. The Morgan fingerprint density at radius 3 is 1.50 bits per heavy atom. The molecule has 0 aromatic heterocycles. The summed E-state index contributed by atoms with van der Waals surface area (Å²) in [5, 5.41) is 7.84. The Balaban J connectivity index is 0. The van der Waals surface area contributed by atoms with Gasteiger partial charge in [-0.1, -0.05) is 6.08 Å². The number of rotatable bonds is 2. The Morgan fingerprint density at radius 1 is 1.06 bits per heavy atom. The predicted molar refractivity (Wildman–Crippen MR) is 69.5 cm³/mol. The molecule has 18 heavy (non-hydrogen) atoms. The summed E-state index contributed by atoms with van der Waals surface area (Å²) in [4.78, 5) is 20.6. The minimum absolute atomic E-state index is 0.0556. The third kappa shape index (κ3) is 20.0. The van der Waals surface area contributed by atoms with Crippen LogP contribution in [0.5, 0.6) is 0 Å². The van der Waals surface area contributed by atoms with Crippen LogP contribution in [0.4, 0.5) is 4.79 Å². The first-order chi connectivity index (χ1) is 7.87. The van der Waals surface area contributed by atoms with Crippen LogP contribution in [-0.2, 0) is 14.3 Å². The van der Waals surface area contributed by atoms with Crippen LogP contribution >= 0.6 is 0 Å². The maximum atomic E-state index is 11.0. The minimum Gasteiger partial charge on any atom is -0.481 e. The lowest BCUT2D eigenvalue weighted by Crippen LogP contribution is -2.30. The molecule has 0 heterocycles. The number of hydrogen-bond acceptors (Lipinski definition) is 4. The van der Waals surface area contributed by atoms with E-state index >= 15 is 0 Å². The van der Waals surface area contributed by atoms with Crippen molar-refractivity contribution in [3.63, 3.8) is 0 Å². The standard InChI is InChI=1S/C9H18O3.C4H6O2/c1-8(2,3)11-7(10)12-9(4,5)6;1-2-3-4(5)6/h1-6H3;2H,1,3H2,(H,5,6). The van der Waals surface area contributed by atoms with E-state index in [-0.39, 0.29) is 6.42 Å². The Kier molecular flexibility index (Phi) is 8.10. The van der Waals surface area contributed by atoms with Gasteiger partial charge in [-0.3, -0.25) is 4.79 Å². The van der Waals surface area contributed by atoms with Crippen LogP contribution in [0.3, 0.4) is 0 Å². The van der Waals surface area contributed by atoms with Crippen LogP contribution in [0, 0.1) is 0 Å². The molecule has 1 N–H and O–H groups in total. The number of aliphatic carboxylic acids is 1. The monoisotopic (exact) mass is 260 g/mol. The normalized spacial score (nSPS) is 10.8. The molecule has 0 saturated heterocycles. The van der Waals surface area contributed by atoms with Gasteiger partial charge in [-0.25, -0.2) is 4.79 Å². The third-order valence-electron chi connectivity index (χ3n) is 1.10. The van der Waals surface area contributed by atoms with Crippen molar-refractivity contribution in [1.29, 1.82) is 0 Å². The second-order valence-electron chi connectivity index (χ2n) is 5.57. The van der Waals surface area contributed by atoms with E-state index in [2.05, 4.69) is 6.58 Å². The zero-order valence-corrected chi connectivity index (χ0v) is 12.1. The lowest BCUT2D eigenvalue weighted by Gasteiger charge is -2.24. The van der Waals surface area contributed by atoms with Crippen LogP contribution in [0.2, 0.25) is 0 Å². The Labute approximate surface area is 109 Å².